The summed E-state index contributed by atoms with van der Waals surface area (Å²) >= 11 is -1.37. The third-order valence-electron chi connectivity index (χ3n) is 3.84. The number of imidazole rings is 1. The molecular weight excluding hydrogens is 363 g/mol. The van der Waals surface area contributed by atoms with Crippen LogP contribution in [0, 0.1) is 13.8 Å². The molecule has 0 saturated carbocycles. The van der Waals surface area contributed by atoms with Crippen molar-refractivity contribution in [2.45, 2.75) is 31.7 Å². The smallest absolute Gasteiger partial charge is 0.323 e. The number of fused-ring (bicyclic) bond motifs is 1. The van der Waals surface area contributed by atoms with Gasteiger partial charge in [-0.15, -0.1) is 0 Å². The van der Waals surface area contributed by atoms with Gasteiger partial charge in [0.2, 0.25) is 5.88 Å². The molecule has 133 valence electrons. The van der Waals surface area contributed by atoms with Gasteiger partial charge in [-0.1, -0.05) is 0 Å². The topological polar surface area (TPSA) is 96.0 Å². The molecule has 26 heavy (non-hydrogen) atoms. The Balaban J connectivity index is 0.00000243. The van der Waals surface area contributed by atoms with E-state index in [0.717, 1.165) is 22.6 Å². The average Bonchev–Trinajstić information content (AvgIpc) is 3.00. The van der Waals surface area contributed by atoms with Gasteiger partial charge in [-0.2, -0.15) is 9.97 Å². The van der Waals surface area contributed by atoms with Crippen LogP contribution < -0.4 is 9.47 Å². The second-order valence-electron chi connectivity index (χ2n) is 5.53. The molecule has 1 atom stereocenters. The zero-order valence-electron chi connectivity index (χ0n) is 15.6. The Bertz CT molecular complexity index is 903. The van der Waals surface area contributed by atoms with Crippen molar-refractivity contribution < 1.29 is 14.0 Å². The molecular formula is C17H20N4NaO3S. The van der Waals surface area contributed by atoms with Crippen LogP contribution in [0.1, 0.15) is 23.7 Å². The minimum Gasteiger partial charge on any atom is -0.609 e. The zero-order chi connectivity index (χ0) is 18.0. The summed E-state index contributed by atoms with van der Waals surface area (Å²) in [6.45, 7) is 6.25. The molecule has 0 aliphatic carbocycles. The number of aromatic nitrogens is 4. The van der Waals surface area contributed by atoms with Gasteiger partial charge in [-0.05, 0) is 32.9 Å². The van der Waals surface area contributed by atoms with E-state index in [9.17, 15) is 4.55 Å². The second-order valence-corrected chi connectivity index (χ2v) is 6.89. The number of methoxy groups -OCH3 is 1. The Morgan fingerprint density at radius 3 is 2.73 bits per heavy atom. The molecule has 3 aromatic heterocycles. The van der Waals surface area contributed by atoms with Crippen molar-refractivity contribution in [3.05, 3.63) is 35.2 Å². The number of nitrogens with one attached hydrogen (secondary N) is 1. The summed E-state index contributed by atoms with van der Waals surface area (Å²) in [5.74, 6) is 1.53. The fourth-order valence-corrected chi connectivity index (χ4v) is 3.59. The largest absolute Gasteiger partial charge is 0.609 e. The maximum atomic E-state index is 12.7. The minimum atomic E-state index is -1.37. The van der Waals surface area contributed by atoms with E-state index in [4.69, 9.17) is 9.47 Å². The van der Waals surface area contributed by atoms with Crippen LogP contribution in [0.2, 0.25) is 0 Å². The zero-order valence-corrected chi connectivity index (χ0v) is 18.4. The van der Waals surface area contributed by atoms with Crippen molar-refractivity contribution >= 4 is 51.9 Å². The first-order valence-corrected chi connectivity index (χ1v) is 9.22. The van der Waals surface area contributed by atoms with E-state index in [1.165, 1.54) is 0 Å². The molecule has 7 nitrogen and oxygen atoms in total. The summed E-state index contributed by atoms with van der Waals surface area (Å²) in [6, 6.07) is 3.66. The molecule has 0 aliphatic heterocycles. The average molecular weight is 383 g/mol. The number of H-pyrrole nitrogens is 1. The molecule has 0 spiro atoms. The molecule has 0 aromatic carbocycles. The van der Waals surface area contributed by atoms with E-state index in [1.807, 2.05) is 26.8 Å². The summed E-state index contributed by atoms with van der Waals surface area (Å²) in [6.07, 6.45) is 1.65. The fraction of sp³-hybridized carbons (Fsp3) is 0.353. The third-order valence-corrected chi connectivity index (χ3v) is 5.00. The fourth-order valence-electron chi connectivity index (χ4n) is 2.51. The molecule has 0 saturated heterocycles. The third kappa shape index (κ3) is 4.32. The van der Waals surface area contributed by atoms with Gasteiger partial charge in [0.25, 0.3) is 0 Å². The van der Waals surface area contributed by atoms with Crippen molar-refractivity contribution in [3.8, 4) is 11.6 Å². The molecule has 0 amide bonds. The van der Waals surface area contributed by atoms with E-state index in [2.05, 4.69) is 19.9 Å². The van der Waals surface area contributed by atoms with Gasteiger partial charge in [0.05, 0.1) is 19.4 Å². The Hall–Kier alpha value is -1.32. The second kappa shape index (κ2) is 9.05. The standard InChI is InChI=1S/C17H20N4O3S.Na/c1-5-24-16-10(2)8-12-15(20-16)21-17(19-12)25(22)9-13-11(3)14(23-4)6-7-18-13;/h6-8H,5,9H2,1-4H3,(H,19,20,21);. The quantitative estimate of drug-likeness (QED) is 0.518. The minimum absolute atomic E-state index is 0. The summed E-state index contributed by atoms with van der Waals surface area (Å²) < 4.78 is 23.5. The molecule has 3 heterocycles. The number of hydrogen-bond donors (Lipinski definition) is 1. The number of hydrogen-bond acceptors (Lipinski definition) is 6. The number of aromatic amines is 1. The van der Waals surface area contributed by atoms with E-state index in [1.54, 1.807) is 19.4 Å². The normalized spacial score (nSPS) is 11.9. The monoisotopic (exact) mass is 383 g/mol. The SMILES string of the molecule is CCOc1nc2[nH]c([S+]([O-])Cc3nccc(OC)c3C)nc2cc1C.[Na]. The van der Waals surface area contributed by atoms with Crippen molar-refractivity contribution in [2.75, 3.05) is 13.7 Å². The van der Waals surface area contributed by atoms with Crippen LogP contribution in [0.25, 0.3) is 11.2 Å². The first-order valence-electron chi connectivity index (χ1n) is 7.90. The number of rotatable bonds is 6. The van der Waals surface area contributed by atoms with E-state index in [0.29, 0.717) is 28.8 Å². The summed E-state index contributed by atoms with van der Waals surface area (Å²) in [4.78, 5) is 16.2. The number of pyridine rings is 2. The summed E-state index contributed by atoms with van der Waals surface area (Å²) in [7, 11) is 1.60. The maximum Gasteiger partial charge on any atom is 0.323 e. The predicted octanol–water partition coefficient (Wildman–Crippen LogP) is 2.30. The first kappa shape index (κ1) is 21.0. The number of ether oxygens (including phenoxy) is 2. The molecule has 0 fully saturated rings. The molecule has 3 rings (SSSR count). The summed E-state index contributed by atoms with van der Waals surface area (Å²) in [5, 5.41) is 0.375. The van der Waals surface area contributed by atoms with Gasteiger partial charge in [0.1, 0.15) is 11.3 Å². The van der Waals surface area contributed by atoms with Crippen molar-refractivity contribution in [1.29, 1.82) is 0 Å². The molecule has 3 aromatic rings. The molecule has 1 radical (unpaired) electrons. The Morgan fingerprint density at radius 2 is 2.04 bits per heavy atom. The van der Waals surface area contributed by atoms with Crippen molar-refractivity contribution in [2.24, 2.45) is 0 Å². The van der Waals surface area contributed by atoms with Crippen LogP contribution >= 0.6 is 0 Å². The van der Waals surface area contributed by atoms with Gasteiger partial charge < -0.3 is 14.0 Å². The van der Waals surface area contributed by atoms with Gasteiger partial charge in [-0.25, -0.2) is 0 Å². The summed E-state index contributed by atoms with van der Waals surface area (Å²) in [5.41, 5.74) is 3.72. The van der Waals surface area contributed by atoms with E-state index < -0.39 is 11.2 Å². The molecule has 1 unspecified atom stereocenters. The van der Waals surface area contributed by atoms with Gasteiger partial charge in [0.15, 0.2) is 11.4 Å². The molecule has 0 bridgehead atoms. The van der Waals surface area contributed by atoms with Crippen LogP contribution in [0.3, 0.4) is 0 Å². The first-order chi connectivity index (χ1) is 12.0. The van der Waals surface area contributed by atoms with Crippen molar-refractivity contribution in [1.82, 2.24) is 19.9 Å². The van der Waals surface area contributed by atoms with Crippen LogP contribution in [0.5, 0.6) is 11.6 Å². The van der Waals surface area contributed by atoms with Gasteiger partial charge in [-0.3, -0.25) is 9.97 Å². The van der Waals surface area contributed by atoms with Gasteiger partial charge >= 0.3 is 5.16 Å². The Morgan fingerprint density at radius 1 is 1.27 bits per heavy atom. The van der Waals surface area contributed by atoms with Crippen LogP contribution in [0.15, 0.2) is 23.5 Å². The van der Waals surface area contributed by atoms with Crippen LogP contribution in [-0.4, -0.2) is 67.8 Å². The molecule has 1 N–H and O–H groups in total. The van der Waals surface area contributed by atoms with Crippen LogP contribution in [0.4, 0.5) is 0 Å². The van der Waals surface area contributed by atoms with Crippen molar-refractivity contribution in [3.63, 3.8) is 0 Å². The predicted molar refractivity (Wildman–Crippen MR) is 101 cm³/mol. The molecule has 9 heteroatoms. The Kier molecular flexibility index (Phi) is 7.31. The Labute approximate surface area is 177 Å². The molecule has 0 aliphatic rings. The van der Waals surface area contributed by atoms with E-state index >= 15 is 0 Å². The van der Waals surface area contributed by atoms with Crippen LogP contribution in [-0.2, 0) is 16.9 Å². The maximum absolute atomic E-state index is 12.7. The number of nitrogens with zero attached hydrogens (tertiary/aromatic N) is 3. The van der Waals surface area contributed by atoms with Gasteiger partial charge in [0, 0.05) is 58.1 Å². The van der Waals surface area contributed by atoms with E-state index in [-0.39, 0.29) is 35.3 Å². The number of aryl methyl sites for hydroxylation is 1.